The smallest absolute Gasteiger partial charge is 0.221 e. The maximum atomic E-state index is 12.0. The molecule has 4 saturated heterocycles. The zero-order valence-corrected chi connectivity index (χ0v) is 10.9. The first-order valence-corrected chi connectivity index (χ1v) is 7.14. The first kappa shape index (κ1) is 12.4. The number of amides is 1. The number of carbonyl (C=O) groups excluding carboxylic acids is 1. The van der Waals surface area contributed by atoms with Gasteiger partial charge in [-0.3, -0.25) is 4.79 Å². The highest BCUT2D eigenvalue weighted by atomic mass is 16.5. The maximum absolute atomic E-state index is 12.0. The summed E-state index contributed by atoms with van der Waals surface area (Å²) in [5.74, 6) is 0.881. The SMILES string of the molecule is O=C(CC1COCCN1)NC1CN2CCC1CC2. The molecule has 18 heavy (non-hydrogen) atoms. The van der Waals surface area contributed by atoms with Crippen molar-refractivity contribution < 1.29 is 9.53 Å². The monoisotopic (exact) mass is 253 g/mol. The van der Waals surface area contributed by atoms with Crippen molar-refractivity contribution >= 4 is 5.91 Å². The molecule has 0 aromatic carbocycles. The van der Waals surface area contributed by atoms with E-state index in [1.807, 2.05) is 0 Å². The van der Waals surface area contributed by atoms with Gasteiger partial charge in [0.1, 0.15) is 0 Å². The number of ether oxygens (including phenoxy) is 1. The molecule has 0 aromatic rings. The molecule has 5 heteroatoms. The number of hydrogen-bond donors (Lipinski definition) is 2. The molecule has 4 heterocycles. The van der Waals surface area contributed by atoms with Crippen molar-refractivity contribution in [2.45, 2.75) is 31.3 Å². The quantitative estimate of drug-likeness (QED) is 0.717. The van der Waals surface area contributed by atoms with Gasteiger partial charge in [-0.2, -0.15) is 0 Å². The Kier molecular flexibility index (Phi) is 3.82. The zero-order valence-electron chi connectivity index (χ0n) is 10.9. The summed E-state index contributed by atoms with van der Waals surface area (Å²) < 4.78 is 5.37. The van der Waals surface area contributed by atoms with Crippen LogP contribution in [0.5, 0.6) is 0 Å². The molecule has 4 aliphatic heterocycles. The molecule has 0 aromatic heterocycles. The summed E-state index contributed by atoms with van der Waals surface area (Å²) in [4.78, 5) is 14.5. The number of morpholine rings is 1. The second-order valence-corrected chi connectivity index (χ2v) is 5.74. The first-order chi connectivity index (χ1) is 8.81. The third kappa shape index (κ3) is 2.84. The van der Waals surface area contributed by atoms with Crippen LogP contribution in [-0.2, 0) is 9.53 Å². The van der Waals surface area contributed by atoms with E-state index in [-0.39, 0.29) is 11.9 Å². The van der Waals surface area contributed by atoms with Crippen LogP contribution in [0.25, 0.3) is 0 Å². The Labute approximate surface area is 108 Å². The fourth-order valence-electron chi connectivity index (χ4n) is 3.37. The minimum atomic E-state index is 0.178. The van der Waals surface area contributed by atoms with Gasteiger partial charge in [0.15, 0.2) is 0 Å². The molecular formula is C13H23N3O2. The highest BCUT2D eigenvalue weighted by molar-refractivity contribution is 5.77. The van der Waals surface area contributed by atoms with Crippen LogP contribution in [0.3, 0.4) is 0 Å². The Morgan fingerprint density at radius 3 is 2.83 bits per heavy atom. The standard InChI is InChI=1S/C13H23N3O2/c17-13(7-11-9-18-6-3-14-11)15-12-8-16-4-1-10(12)2-5-16/h10-12,14H,1-9H2,(H,15,17). The number of nitrogens with one attached hydrogen (secondary N) is 2. The molecule has 4 aliphatic rings. The van der Waals surface area contributed by atoms with Crippen LogP contribution < -0.4 is 10.6 Å². The topological polar surface area (TPSA) is 53.6 Å². The van der Waals surface area contributed by atoms with E-state index >= 15 is 0 Å². The average molecular weight is 253 g/mol. The summed E-state index contributed by atoms with van der Waals surface area (Å²) in [7, 11) is 0. The van der Waals surface area contributed by atoms with Crippen molar-refractivity contribution in [2.24, 2.45) is 5.92 Å². The van der Waals surface area contributed by atoms with Crippen molar-refractivity contribution in [2.75, 3.05) is 39.4 Å². The summed E-state index contributed by atoms with van der Waals surface area (Å²) in [6.07, 6.45) is 3.04. The highest BCUT2D eigenvalue weighted by Gasteiger charge is 2.35. The second kappa shape index (κ2) is 5.55. The maximum Gasteiger partial charge on any atom is 0.221 e. The molecule has 0 radical (unpaired) electrons. The molecule has 102 valence electrons. The lowest BCUT2D eigenvalue weighted by Crippen LogP contribution is -2.57. The van der Waals surface area contributed by atoms with E-state index < -0.39 is 0 Å². The van der Waals surface area contributed by atoms with Crippen LogP contribution in [0.4, 0.5) is 0 Å². The summed E-state index contributed by atoms with van der Waals surface area (Å²) in [6, 6.07) is 0.573. The Morgan fingerprint density at radius 2 is 2.22 bits per heavy atom. The largest absolute Gasteiger partial charge is 0.378 e. The molecule has 2 atom stereocenters. The minimum Gasteiger partial charge on any atom is -0.378 e. The van der Waals surface area contributed by atoms with Crippen LogP contribution in [0.15, 0.2) is 0 Å². The number of rotatable bonds is 3. The molecule has 5 nitrogen and oxygen atoms in total. The average Bonchev–Trinajstić information content (AvgIpc) is 2.41. The molecule has 0 saturated carbocycles. The fourth-order valence-corrected chi connectivity index (χ4v) is 3.37. The predicted molar refractivity (Wildman–Crippen MR) is 68.3 cm³/mol. The Hall–Kier alpha value is -0.650. The Balaban J connectivity index is 1.45. The lowest BCUT2D eigenvalue weighted by atomic mass is 9.84. The van der Waals surface area contributed by atoms with Crippen molar-refractivity contribution in [3.63, 3.8) is 0 Å². The van der Waals surface area contributed by atoms with Crippen molar-refractivity contribution in [1.82, 2.24) is 15.5 Å². The third-order valence-electron chi connectivity index (χ3n) is 4.43. The Morgan fingerprint density at radius 1 is 1.39 bits per heavy atom. The van der Waals surface area contributed by atoms with E-state index in [2.05, 4.69) is 15.5 Å². The van der Waals surface area contributed by atoms with Gasteiger partial charge in [0.05, 0.1) is 13.2 Å². The summed E-state index contributed by atoms with van der Waals surface area (Å²) in [5, 5.41) is 6.55. The third-order valence-corrected chi connectivity index (χ3v) is 4.43. The summed E-state index contributed by atoms with van der Waals surface area (Å²) in [5.41, 5.74) is 0. The predicted octanol–water partition coefficient (Wildman–Crippen LogP) is -0.425. The van der Waals surface area contributed by atoms with E-state index in [9.17, 15) is 4.79 Å². The van der Waals surface area contributed by atoms with E-state index in [0.29, 0.717) is 25.0 Å². The number of piperidine rings is 3. The summed E-state index contributed by atoms with van der Waals surface area (Å²) in [6.45, 7) is 5.76. The number of hydrogen-bond acceptors (Lipinski definition) is 4. The van der Waals surface area contributed by atoms with Gasteiger partial charge in [0, 0.05) is 31.6 Å². The van der Waals surface area contributed by atoms with E-state index in [1.54, 1.807) is 0 Å². The number of nitrogens with zero attached hydrogens (tertiary/aromatic N) is 1. The number of fused-ring (bicyclic) bond motifs is 3. The minimum absolute atomic E-state index is 0.178. The van der Waals surface area contributed by atoms with E-state index in [0.717, 1.165) is 19.7 Å². The van der Waals surface area contributed by atoms with E-state index in [4.69, 9.17) is 4.74 Å². The van der Waals surface area contributed by atoms with Gasteiger partial charge < -0.3 is 20.3 Å². The van der Waals surface area contributed by atoms with Crippen molar-refractivity contribution in [1.29, 1.82) is 0 Å². The van der Waals surface area contributed by atoms with Crippen molar-refractivity contribution in [3.05, 3.63) is 0 Å². The number of carbonyl (C=O) groups is 1. The van der Waals surface area contributed by atoms with Crippen molar-refractivity contribution in [3.8, 4) is 0 Å². The molecule has 0 aliphatic carbocycles. The van der Waals surface area contributed by atoms with Gasteiger partial charge in [-0.1, -0.05) is 0 Å². The van der Waals surface area contributed by atoms with Crippen LogP contribution >= 0.6 is 0 Å². The first-order valence-electron chi connectivity index (χ1n) is 7.14. The van der Waals surface area contributed by atoms with Gasteiger partial charge >= 0.3 is 0 Å². The van der Waals surface area contributed by atoms with Crippen LogP contribution in [0.1, 0.15) is 19.3 Å². The molecule has 4 rings (SSSR count). The molecule has 2 bridgehead atoms. The molecule has 1 amide bonds. The van der Waals surface area contributed by atoms with Gasteiger partial charge in [-0.05, 0) is 31.8 Å². The van der Waals surface area contributed by atoms with Gasteiger partial charge in [-0.15, -0.1) is 0 Å². The van der Waals surface area contributed by atoms with Gasteiger partial charge in [0.2, 0.25) is 5.91 Å². The lowest BCUT2D eigenvalue weighted by Gasteiger charge is -2.45. The van der Waals surface area contributed by atoms with Gasteiger partial charge in [-0.25, -0.2) is 0 Å². The highest BCUT2D eigenvalue weighted by Crippen LogP contribution is 2.27. The fraction of sp³-hybridized carbons (Fsp3) is 0.923. The Bertz CT molecular complexity index is 297. The molecular weight excluding hydrogens is 230 g/mol. The van der Waals surface area contributed by atoms with Gasteiger partial charge in [0.25, 0.3) is 0 Å². The molecule has 2 N–H and O–H groups in total. The zero-order chi connectivity index (χ0) is 12.4. The summed E-state index contributed by atoms with van der Waals surface area (Å²) >= 11 is 0. The molecule has 0 spiro atoms. The normalized spacial score (nSPS) is 39.6. The van der Waals surface area contributed by atoms with E-state index in [1.165, 1.54) is 25.9 Å². The lowest BCUT2D eigenvalue weighted by molar-refractivity contribution is -0.124. The van der Waals surface area contributed by atoms with Crippen LogP contribution in [0.2, 0.25) is 0 Å². The molecule has 4 fully saturated rings. The molecule has 2 unspecified atom stereocenters. The van der Waals surface area contributed by atoms with Crippen LogP contribution in [0, 0.1) is 5.92 Å². The second-order valence-electron chi connectivity index (χ2n) is 5.74. The van der Waals surface area contributed by atoms with Crippen LogP contribution in [-0.4, -0.2) is 62.3 Å².